The molecule has 0 unspecified atom stereocenters. The van der Waals surface area contributed by atoms with Crippen molar-refractivity contribution < 1.29 is 43.4 Å². The van der Waals surface area contributed by atoms with Gasteiger partial charge in [-0.05, 0) is 70.1 Å². The Morgan fingerprint density at radius 2 is 1.54 bits per heavy atom. The molecule has 4 aliphatic rings. The second-order valence-electron chi connectivity index (χ2n) is 15.9. The van der Waals surface area contributed by atoms with Crippen molar-refractivity contribution in [3.63, 3.8) is 0 Å². The van der Waals surface area contributed by atoms with Gasteiger partial charge in [0.25, 0.3) is 0 Å². The molecule has 2 aromatic carbocycles. The van der Waals surface area contributed by atoms with E-state index in [9.17, 15) is 38.7 Å². The van der Waals surface area contributed by atoms with Gasteiger partial charge in [-0.1, -0.05) is 55.0 Å². The van der Waals surface area contributed by atoms with Crippen LogP contribution >= 0.6 is 0 Å². The van der Waals surface area contributed by atoms with Gasteiger partial charge in [0.15, 0.2) is 0 Å². The summed E-state index contributed by atoms with van der Waals surface area (Å²) < 4.78 is 5.92. The molecule has 57 heavy (non-hydrogen) atoms. The van der Waals surface area contributed by atoms with E-state index >= 15 is 0 Å². The topological polar surface area (TPSA) is 207 Å². The van der Waals surface area contributed by atoms with E-state index in [1.807, 2.05) is 32.0 Å². The number of aliphatic hydroxyl groups is 1. The molecule has 0 bridgehead atoms. The number of urea groups is 1. The van der Waals surface area contributed by atoms with E-state index in [-0.39, 0.29) is 44.8 Å². The zero-order valence-corrected chi connectivity index (χ0v) is 32.8. The highest BCUT2D eigenvalue weighted by Gasteiger charge is 2.49. The number of esters is 1. The number of carbonyl (C=O) groups is 7. The van der Waals surface area contributed by atoms with Gasteiger partial charge >= 0.3 is 12.0 Å². The first kappa shape index (κ1) is 41.1. The molecule has 4 heterocycles. The Labute approximate surface area is 332 Å². The van der Waals surface area contributed by atoms with E-state index < -0.39 is 90.0 Å². The monoisotopic (exact) mass is 787 g/mol. The summed E-state index contributed by atoms with van der Waals surface area (Å²) in [6.45, 7) is 6.96. The van der Waals surface area contributed by atoms with Crippen LogP contribution in [0.1, 0.15) is 64.0 Å². The van der Waals surface area contributed by atoms with E-state index in [0.29, 0.717) is 30.5 Å². The van der Waals surface area contributed by atoms with Crippen molar-refractivity contribution in [3.05, 3.63) is 65.7 Å². The summed E-state index contributed by atoms with van der Waals surface area (Å²) in [5.74, 6) is -4.03. The number of aryl methyl sites for hydroxylation is 1. The average Bonchev–Trinajstić information content (AvgIpc) is 3.79. The van der Waals surface area contributed by atoms with Gasteiger partial charge in [0.2, 0.25) is 29.5 Å². The molecule has 4 fully saturated rings. The molecule has 9 atom stereocenters. The van der Waals surface area contributed by atoms with Crippen molar-refractivity contribution in [2.75, 3.05) is 25.0 Å². The van der Waals surface area contributed by atoms with Crippen molar-refractivity contribution >= 4 is 47.2 Å². The number of carbonyl (C=O) groups excluding carboxylic acids is 7. The van der Waals surface area contributed by atoms with E-state index in [4.69, 9.17) is 4.74 Å². The number of hydrogen-bond acceptors (Lipinski definition) is 9. The third-order valence-electron chi connectivity index (χ3n) is 11.3. The number of ether oxygens (including phenoxy) is 1. The zero-order chi connectivity index (χ0) is 41.0. The van der Waals surface area contributed by atoms with E-state index in [1.165, 1.54) is 28.5 Å². The Morgan fingerprint density at radius 1 is 0.842 bits per heavy atom. The van der Waals surface area contributed by atoms with Gasteiger partial charge in [0, 0.05) is 38.2 Å². The summed E-state index contributed by atoms with van der Waals surface area (Å²) in [6.07, 6.45) is -0.647. The van der Waals surface area contributed by atoms with Gasteiger partial charge in [-0.15, -0.1) is 0 Å². The molecule has 16 heteroatoms. The molecule has 0 spiro atoms. The summed E-state index contributed by atoms with van der Waals surface area (Å²) >= 11 is 0. The smallest absolute Gasteiger partial charge is 0.329 e. The number of fused-ring (bicyclic) bond motifs is 3. The SMILES string of the molecule is Cc1ccc(NC(=O)N[C@@H](Cc2ccccc2)C(=O)N[C@@H]2C(=O)N3C[C@H](O)C[C@H]3C(=O)N3CCCC[C@H]3C(=O)N[C@@H](C)C(=O)N3C[C@H](C)C[C@H]3C(=O)O[C@H]2C)cc1. The summed E-state index contributed by atoms with van der Waals surface area (Å²) in [7, 11) is 0. The van der Waals surface area contributed by atoms with E-state index in [0.717, 1.165) is 5.56 Å². The van der Waals surface area contributed by atoms with Gasteiger partial charge in [-0.3, -0.25) is 24.0 Å². The number of anilines is 1. The van der Waals surface area contributed by atoms with Crippen molar-refractivity contribution in [1.29, 1.82) is 0 Å². The van der Waals surface area contributed by atoms with Crippen LogP contribution in [0, 0.1) is 12.8 Å². The van der Waals surface area contributed by atoms with Crippen LogP contribution in [0.4, 0.5) is 10.5 Å². The molecule has 2 aromatic rings. The van der Waals surface area contributed by atoms with Crippen LogP contribution < -0.4 is 21.3 Å². The zero-order valence-electron chi connectivity index (χ0n) is 32.8. The molecule has 0 aromatic heterocycles. The Kier molecular flexibility index (Phi) is 12.8. The summed E-state index contributed by atoms with van der Waals surface area (Å²) in [5, 5.41) is 21.8. The lowest BCUT2D eigenvalue weighted by molar-refractivity contribution is -0.163. The molecule has 0 radical (unpaired) electrons. The lowest BCUT2D eigenvalue weighted by Crippen LogP contribution is -2.63. The number of benzene rings is 2. The normalized spacial score (nSPS) is 29.1. The Bertz CT molecular complexity index is 1840. The molecule has 4 saturated heterocycles. The van der Waals surface area contributed by atoms with Crippen molar-refractivity contribution in [2.24, 2.45) is 5.92 Å². The summed E-state index contributed by atoms with van der Waals surface area (Å²) in [6, 6.07) is 8.38. The first-order valence-corrected chi connectivity index (χ1v) is 19.8. The van der Waals surface area contributed by atoms with Crippen LogP contribution in [0.25, 0.3) is 0 Å². The van der Waals surface area contributed by atoms with Crippen molar-refractivity contribution in [1.82, 2.24) is 30.7 Å². The van der Waals surface area contributed by atoms with Crippen LogP contribution in [-0.4, -0.2) is 129 Å². The maximum absolute atomic E-state index is 14.7. The quantitative estimate of drug-likeness (QED) is 0.267. The van der Waals surface area contributed by atoms with Gasteiger partial charge in [-0.2, -0.15) is 0 Å². The fraction of sp³-hybridized carbons (Fsp3) is 0.537. The van der Waals surface area contributed by atoms with Crippen LogP contribution in [0.2, 0.25) is 0 Å². The molecule has 306 valence electrons. The molecule has 7 amide bonds. The first-order valence-electron chi connectivity index (χ1n) is 19.8. The van der Waals surface area contributed by atoms with E-state index in [2.05, 4.69) is 21.3 Å². The van der Waals surface area contributed by atoms with Crippen molar-refractivity contribution in [2.45, 2.75) is 115 Å². The highest BCUT2D eigenvalue weighted by atomic mass is 16.5. The maximum atomic E-state index is 14.7. The third-order valence-corrected chi connectivity index (χ3v) is 11.3. The van der Waals surface area contributed by atoms with Gasteiger partial charge in [-0.25, -0.2) is 9.59 Å². The number of piperidine rings is 1. The lowest BCUT2D eigenvalue weighted by Gasteiger charge is -2.39. The largest absolute Gasteiger partial charge is 0.458 e. The first-order chi connectivity index (χ1) is 27.2. The maximum Gasteiger partial charge on any atom is 0.329 e. The second-order valence-corrected chi connectivity index (χ2v) is 15.9. The highest BCUT2D eigenvalue weighted by Crippen LogP contribution is 2.29. The molecule has 0 aliphatic carbocycles. The molecule has 16 nitrogen and oxygen atoms in total. The second kappa shape index (κ2) is 17.7. The fourth-order valence-corrected chi connectivity index (χ4v) is 8.25. The molecule has 0 saturated carbocycles. The average molecular weight is 788 g/mol. The molecular formula is C41H53N7O9. The third kappa shape index (κ3) is 9.55. The Morgan fingerprint density at radius 3 is 2.26 bits per heavy atom. The van der Waals surface area contributed by atoms with Crippen LogP contribution in [0.15, 0.2) is 54.6 Å². The minimum absolute atomic E-state index is 0.0280. The van der Waals surface area contributed by atoms with Gasteiger partial charge in [0.05, 0.1) is 6.10 Å². The van der Waals surface area contributed by atoms with Gasteiger partial charge in [0.1, 0.15) is 42.4 Å². The number of nitrogens with one attached hydrogen (secondary N) is 4. The summed E-state index contributed by atoms with van der Waals surface area (Å²) in [4.78, 5) is 102. The number of aliphatic hydroxyl groups excluding tert-OH is 1. The Hall–Kier alpha value is -5.51. The minimum Gasteiger partial charge on any atom is -0.458 e. The highest BCUT2D eigenvalue weighted by molar-refractivity contribution is 5.99. The van der Waals surface area contributed by atoms with Crippen molar-refractivity contribution in [3.8, 4) is 0 Å². The fourth-order valence-electron chi connectivity index (χ4n) is 8.25. The van der Waals surface area contributed by atoms with Crippen LogP contribution in [-0.2, 0) is 39.9 Å². The Balaban J connectivity index is 1.34. The van der Waals surface area contributed by atoms with Crippen LogP contribution in [0.3, 0.4) is 0 Å². The number of hydrogen-bond donors (Lipinski definition) is 5. The molecule has 4 aliphatic heterocycles. The van der Waals surface area contributed by atoms with Gasteiger partial charge < -0.3 is 45.8 Å². The number of cyclic esters (lactones) is 1. The standard InChI is InChI=1S/C41H53N7O9/c1-23-13-15-28(16-14-23)43-41(56)44-30(19-27-10-6-5-7-11-27)35(50)45-34-26(4)57-40(55)33-18-24(2)21-47(33)37(52)25(3)42-36(51)31-12-8-9-17-46(31)38(53)32-20-29(49)22-48(32)39(34)54/h5-7,10-11,13-16,24-26,29-34,49H,8-9,12,17-22H2,1-4H3,(H,42,51)(H,45,50)(H2,43,44,56)/t24-,25+,26+,29-,30+,31+,32+,33+,34+/m1/s1. The predicted molar refractivity (Wildman–Crippen MR) is 207 cm³/mol. The number of nitrogens with zero attached hydrogens (tertiary/aromatic N) is 3. The summed E-state index contributed by atoms with van der Waals surface area (Å²) in [5.41, 5.74) is 2.19. The molecular weight excluding hydrogens is 734 g/mol. The lowest BCUT2D eigenvalue weighted by atomic mass is 9.98. The minimum atomic E-state index is -1.59. The number of rotatable bonds is 6. The molecule has 5 N–H and O–H groups in total. The molecule has 6 rings (SSSR count). The van der Waals surface area contributed by atoms with E-state index in [1.54, 1.807) is 36.4 Å². The predicted octanol–water partition coefficient (Wildman–Crippen LogP) is 1.24. The van der Waals surface area contributed by atoms with Crippen LogP contribution in [0.5, 0.6) is 0 Å². The number of amides is 7.